The molecular weight excluding hydrogens is 430 g/mol. The lowest BCUT2D eigenvalue weighted by molar-refractivity contribution is 0.0185. The number of fused-ring (bicyclic) bond motifs is 2. The number of pyridine rings is 1. The molecule has 0 saturated carbocycles. The Kier molecular flexibility index (Phi) is 5.30. The van der Waals surface area contributed by atoms with E-state index in [0.29, 0.717) is 13.1 Å². The summed E-state index contributed by atoms with van der Waals surface area (Å²) in [7, 11) is 0. The number of ether oxygens (including phenoxy) is 1. The highest BCUT2D eigenvalue weighted by Gasteiger charge is 2.28. The summed E-state index contributed by atoms with van der Waals surface area (Å²) < 4.78 is 9.35. The van der Waals surface area contributed by atoms with Gasteiger partial charge in [0, 0.05) is 13.1 Å². The molecule has 5 rings (SSSR count). The molecule has 0 aliphatic carbocycles. The normalized spacial score (nSPS) is 15.4. The van der Waals surface area contributed by atoms with Gasteiger partial charge < -0.3 is 9.64 Å². The molecule has 4 aromatic rings. The van der Waals surface area contributed by atoms with Gasteiger partial charge >= 0.3 is 6.09 Å². The molecule has 1 fully saturated rings. The predicted octanol–water partition coefficient (Wildman–Crippen LogP) is 4.64. The minimum atomic E-state index is -0.482. The van der Waals surface area contributed by atoms with Crippen LogP contribution in [0, 0.1) is 20.8 Å². The van der Waals surface area contributed by atoms with Gasteiger partial charge in [-0.2, -0.15) is 10.2 Å². The highest BCUT2D eigenvalue weighted by Crippen LogP contribution is 2.28. The van der Waals surface area contributed by atoms with Crippen LogP contribution in [-0.2, 0) is 4.74 Å². The number of likely N-dealkylation sites (tertiary alicyclic amines) is 1. The molecule has 4 aromatic heterocycles. The van der Waals surface area contributed by atoms with Crippen molar-refractivity contribution in [3.63, 3.8) is 0 Å². The topological polar surface area (TPSA) is 90.4 Å². The van der Waals surface area contributed by atoms with Gasteiger partial charge in [0.2, 0.25) is 0 Å². The van der Waals surface area contributed by atoms with E-state index in [1.54, 1.807) is 4.90 Å². The van der Waals surface area contributed by atoms with Gasteiger partial charge in [-0.3, -0.25) is 4.68 Å². The van der Waals surface area contributed by atoms with Crippen molar-refractivity contribution >= 4 is 22.8 Å². The van der Waals surface area contributed by atoms with E-state index in [1.165, 1.54) is 0 Å². The van der Waals surface area contributed by atoms with E-state index in [4.69, 9.17) is 19.9 Å². The third-order valence-corrected chi connectivity index (χ3v) is 6.38. The fourth-order valence-electron chi connectivity index (χ4n) is 4.47. The van der Waals surface area contributed by atoms with Crippen LogP contribution in [0.1, 0.15) is 56.5 Å². The molecule has 178 valence electrons. The summed E-state index contributed by atoms with van der Waals surface area (Å²) in [6, 6.07) is 4.21. The molecular formula is C25H31N7O2. The molecule has 0 atom stereocenters. The number of amides is 1. The van der Waals surface area contributed by atoms with Crippen molar-refractivity contribution in [2.45, 2.75) is 66.0 Å². The Morgan fingerprint density at radius 3 is 2.41 bits per heavy atom. The van der Waals surface area contributed by atoms with E-state index in [0.717, 1.165) is 57.7 Å². The van der Waals surface area contributed by atoms with Crippen molar-refractivity contribution in [3.8, 4) is 11.4 Å². The Bertz CT molecular complexity index is 1390. The number of hydrogen-bond acceptors (Lipinski definition) is 6. The van der Waals surface area contributed by atoms with E-state index in [-0.39, 0.29) is 12.1 Å². The lowest BCUT2D eigenvalue weighted by atomic mass is 10.1. The maximum absolute atomic E-state index is 12.4. The van der Waals surface area contributed by atoms with Gasteiger partial charge in [0.1, 0.15) is 22.3 Å². The predicted molar refractivity (Wildman–Crippen MR) is 130 cm³/mol. The zero-order chi connectivity index (χ0) is 24.2. The Morgan fingerprint density at radius 1 is 0.971 bits per heavy atom. The number of hydrogen-bond donors (Lipinski definition) is 0. The number of piperidine rings is 1. The van der Waals surface area contributed by atoms with Crippen LogP contribution < -0.4 is 0 Å². The largest absolute Gasteiger partial charge is 0.444 e. The van der Waals surface area contributed by atoms with Crippen LogP contribution in [0.5, 0.6) is 0 Å². The summed E-state index contributed by atoms with van der Waals surface area (Å²) in [5.41, 5.74) is 6.88. The minimum absolute atomic E-state index is 0.226. The van der Waals surface area contributed by atoms with Crippen LogP contribution in [0.4, 0.5) is 4.79 Å². The molecule has 1 saturated heterocycles. The molecule has 34 heavy (non-hydrogen) atoms. The molecule has 9 nitrogen and oxygen atoms in total. The van der Waals surface area contributed by atoms with Gasteiger partial charge in [0.15, 0.2) is 5.65 Å². The zero-order valence-electron chi connectivity index (χ0n) is 20.7. The monoisotopic (exact) mass is 461 g/mol. The Hall–Kier alpha value is -3.49. The van der Waals surface area contributed by atoms with Crippen LogP contribution in [0.2, 0.25) is 0 Å². The average molecular weight is 462 g/mol. The van der Waals surface area contributed by atoms with E-state index in [9.17, 15) is 4.79 Å². The van der Waals surface area contributed by atoms with Gasteiger partial charge in [0.25, 0.3) is 0 Å². The lowest BCUT2D eigenvalue weighted by Gasteiger charge is -2.33. The number of rotatable bonds is 2. The van der Waals surface area contributed by atoms with Crippen LogP contribution in [0.3, 0.4) is 0 Å². The van der Waals surface area contributed by atoms with Gasteiger partial charge in [-0.25, -0.2) is 19.3 Å². The van der Waals surface area contributed by atoms with E-state index < -0.39 is 5.60 Å². The van der Waals surface area contributed by atoms with Crippen LogP contribution in [0.25, 0.3) is 28.1 Å². The number of imidazole rings is 1. The van der Waals surface area contributed by atoms with E-state index >= 15 is 0 Å². The quantitative estimate of drug-likeness (QED) is 0.432. The molecule has 1 aliphatic heterocycles. The first-order chi connectivity index (χ1) is 16.1. The molecule has 0 spiro atoms. The number of carbonyl (C=O) groups excluding carboxylic acids is 1. The summed E-state index contributed by atoms with van der Waals surface area (Å²) in [5, 5.41) is 9.57. The van der Waals surface area contributed by atoms with Crippen molar-refractivity contribution in [2.24, 2.45) is 0 Å². The highest BCUT2D eigenvalue weighted by molar-refractivity contribution is 5.78. The van der Waals surface area contributed by atoms with Crippen molar-refractivity contribution in [3.05, 3.63) is 41.3 Å². The number of aromatic nitrogens is 6. The van der Waals surface area contributed by atoms with Crippen molar-refractivity contribution in [1.29, 1.82) is 0 Å². The summed E-state index contributed by atoms with van der Waals surface area (Å²) >= 11 is 0. The first-order valence-corrected chi connectivity index (χ1v) is 11.8. The van der Waals surface area contributed by atoms with Crippen LogP contribution in [-0.4, -0.2) is 59.0 Å². The summed E-state index contributed by atoms with van der Waals surface area (Å²) in [5.74, 6) is 0. The third-order valence-electron chi connectivity index (χ3n) is 6.38. The molecule has 0 bridgehead atoms. The molecule has 5 heterocycles. The number of carbonyl (C=O) groups is 1. The number of nitrogens with zero attached hydrogens (tertiary/aromatic N) is 7. The second kappa shape index (κ2) is 8.07. The first-order valence-electron chi connectivity index (χ1n) is 11.8. The Morgan fingerprint density at radius 2 is 1.71 bits per heavy atom. The fraction of sp³-hybridized carbons (Fsp3) is 0.480. The second-order valence-electron chi connectivity index (χ2n) is 10.2. The standard InChI is InChI=1S/C25H31N7O2/c1-15-13-32-23(26-15)17(3)16(2)22(29-32)20-8-7-19-21(27-20)14-31(28-19)18-9-11-30(12-10-18)24(33)34-25(4,5)6/h7-8,13-14,18H,9-12H2,1-6H3. The van der Waals surface area contributed by atoms with Gasteiger partial charge in [-0.05, 0) is 77.6 Å². The molecule has 9 heteroatoms. The van der Waals surface area contributed by atoms with Crippen molar-refractivity contribution in [1.82, 2.24) is 34.3 Å². The molecule has 0 unspecified atom stereocenters. The first kappa shape index (κ1) is 22.3. The molecule has 0 N–H and O–H groups in total. The van der Waals surface area contributed by atoms with Crippen molar-refractivity contribution < 1.29 is 9.53 Å². The van der Waals surface area contributed by atoms with Gasteiger partial charge in [0.05, 0.1) is 29.8 Å². The maximum atomic E-state index is 12.4. The highest BCUT2D eigenvalue weighted by atomic mass is 16.6. The summed E-state index contributed by atoms with van der Waals surface area (Å²) in [4.78, 5) is 23.6. The van der Waals surface area contributed by atoms with E-state index in [2.05, 4.69) is 18.8 Å². The van der Waals surface area contributed by atoms with Gasteiger partial charge in [-0.15, -0.1) is 0 Å². The van der Waals surface area contributed by atoms with Crippen LogP contribution >= 0.6 is 0 Å². The Balaban J connectivity index is 1.38. The smallest absolute Gasteiger partial charge is 0.410 e. The summed E-state index contributed by atoms with van der Waals surface area (Å²) in [6.45, 7) is 13.1. The van der Waals surface area contributed by atoms with Gasteiger partial charge in [-0.1, -0.05) is 0 Å². The molecule has 1 amide bonds. The second-order valence-corrected chi connectivity index (χ2v) is 10.2. The van der Waals surface area contributed by atoms with Crippen LogP contribution in [0.15, 0.2) is 24.5 Å². The Labute approximate surface area is 198 Å². The molecule has 0 radical (unpaired) electrons. The fourth-order valence-corrected chi connectivity index (χ4v) is 4.47. The third kappa shape index (κ3) is 4.10. The van der Waals surface area contributed by atoms with Crippen molar-refractivity contribution in [2.75, 3.05) is 13.1 Å². The lowest BCUT2D eigenvalue weighted by Crippen LogP contribution is -2.42. The maximum Gasteiger partial charge on any atom is 0.410 e. The zero-order valence-corrected chi connectivity index (χ0v) is 20.7. The average Bonchev–Trinajstić information content (AvgIpc) is 3.37. The summed E-state index contributed by atoms with van der Waals surface area (Å²) in [6.07, 6.45) is 5.36. The molecule has 1 aliphatic rings. The number of aryl methyl sites for hydroxylation is 2. The minimum Gasteiger partial charge on any atom is -0.444 e. The molecule has 0 aromatic carbocycles. The SMILES string of the molecule is Cc1cn2nc(-c3ccc4nn(C5CCN(C(=O)OC(C)(C)C)CC5)cc4n3)c(C)c(C)c2n1. The van der Waals surface area contributed by atoms with E-state index in [1.807, 2.05) is 61.4 Å².